The third kappa shape index (κ3) is 4.73. The molecule has 150 valence electrons. The van der Waals surface area contributed by atoms with E-state index >= 15 is 0 Å². The van der Waals surface area contributed by atoms with Gasteiger partial charge in [0.15, 0.2) is 5.11 Å². The maximum atomic E-state index is 12.8. The molecule has 0 bridgehead atoms. The average Bonchev–Trinajstić information content (AvgIpc) is 3.00. The first-order valence-electron chi connectivity index (χ1n) is 9.94. The molecule has 28 heavy (non-hydrogen) atoms. The van der Waals surface area contributed by atoms with Gasteiger partial charge in [-0.25, -0.2) is 4.79 Å². The molecule has 6 heteroatoms. The summed E-state index contributed by atoms with van der Waals surface area (Å²) in [6, 6.07) is 10.3. The Kier molecular flexibility index (Phi) is 7.08. The van der Waals surface area contributed by atoms with Crippen molar-refractivity contribution in [3.05, 3.63) is 40.8 Å². The van der Waals surface area contributed by atoms with E-state index in [0.717, 1.165) is 27.4 Å². The molecule has 0 spiro atoms. The minimum atomic E-state index is -0.318. The maximum absolute atomic E-state index is 12.8. The summed E-state index contributed by atoms with van der Waals surface area (Å²) in [6.45, 7) is 6.46. The fourth-order valence-electron chi connectivity index (χ4n) is 3.82. The molecule has 2 atom stereocenters. The average molecular weight is 417 g/mol. The number of hydrogen-bond donors (Lipinski definition) is 2. The molecule has 1 heterocycles. The van der Waals surface area contributed by atoms with Crippen LogP contribution >= 0.6 is 23.6 Å². The molecule has 2 N–H and O–H groups in total. The molecule has 2 unspecified atom stereocenters. The number of thiophene rings is 1. The molecule has 4 nitrogen and oxygen atoms in total. The molecule has 1 aliphatic rings. The summed E-state index contributed by atoms with van der Waals surface area (Å²) < 4.78 is 5.36. The van der Waals surface area contributed by atoms with Crippen LogP contribution in [0.2, 0.25) is 0 Å². The first kappa shape index (κ1) is 20.8. The lowest BCUT2D eigenvalue weighted by Crippen LogP contribution is -2.43. The molecule has 1 aromatic carbocycles. The second-order valence-electron chi connectivity index (χ2n) is 7.29. The van der Waals surface area contributed by atoms with Crippen molar-refractivity contribution in [1.29, 1.82) is 0 Å². The van der Waals surface area contributed by atoms with E-state index in [2.05, 4.69) is 17.6 Å². The van der Waals surface area contributed by atoms with Crippen LogP contribution in [0.5, 0.6) is 0 Å². The van der Waals surface area contributed by atoms with Gasteiger partial charge in [-0.15, -0.1) is 11.3 Å². The topological polar surface area (TPSA) is 50.4 Å². The first-order chi connectivity index (χ1) is 13.5. The van der Waals surface area contributed by atoms with Gasteiger partial charge in [-0.1, -0.05) is 50.1 Å². The summed E-state index contributed by atoms with van der Waals surface area (Å²) in [5.74, 6) is 0.282. The zero-order chi connectivity index (χ0) is 20.1. The lowest BCUT2D eigenvalue weighted by Gasteiger charge is -2.30. The highest BCUT2D eigenvalue weighted by Crippen LogP contribution is 2.40. The van der Waals surface area contributed by atoms with Crippen LogP contribution in [0, 0.1) is 12.8 Å². The molecule has 3 rings (SSSR count). The largest absolute Gasteiger partial charge is 0.462 e. The molecular weight excluding hydrogens is 388 g/mol. The van der Waals surface area contributed by atoms with E-state index in [1.807, 2.05) is 44.2 Å². The molecule has 1 fully saturated rings. The fraction of sp³-hybridized carbons (Fsp3) is 0.455. The van der Waals surface area contributed by atoms with Gasteiger partial charge in [0.05, 0.1) is 6.61 Å². The Balaban J connectivity index is 1.87. The molecule has 1 saturated carbocycles. The second-order valence-corrected chi connectivity index (χ2v) is 8.92. The van der Waals surface area contributed by atoms with E-state index in [0.29, 0.717) is 29.2 Å². The Bertz CT molecular complexity index is 833. The van der Waals surface area contributed by atoms with Crippen molar-refractivity contribution in [1.82, 2.24) is 5.32 Å². The van der Waals surface area contributed by atoms with Gasteiger partial charge in [0.2, 0.25) is 0 Å². The van der Waals surface area contributed by atoms with Crippen molar-refractivity contribution in [3.8, 4) is 11.1 Å². The van der Waals surface area contributed by atoms with Gasteiger partial charge in [-0.05, 0) is 50.4 Å². The van der Waals surface area contributed by atoms with Gasteiger partial charge < -0.3 is 15.4 Å². The maximum Gasteiger partial charge on any atom is 0.341 e. The number of nitrogens with one attached hydrogen (secondary N) is 2. The van der Waals surface area contributed by atoms with Crippen molar-refractivity contribution in [2.45, 2.75) is 52.5 Å². The summed E-state index contributed by atoms with van der Waals surface area (Å²) in [5, 5.41) is 8.07. The molecule has 1 aromatic heterocycles. The van der Waals surface area contributed by atoms with E-state index in [-0.39, 0.29) is 5.97 Å². The summed E-state index contributed by atoms with van der Waals surface area (Å²) in [4.78, 5) is 13.8. The van der Waals surface area contributed by atoms with Crippen LogP contribution in [0.4, 0.5) is 5.00 Å². The number of thiocarbonyl (C=S) groups is 1. The Morgan fingerprint density at radius 2 is 1.96 bits per heavy atom. The number of aryl methyl sites for hydroxylation is 1. The molecular formula is C22H28N2O2S2. The highest BCUT2D eigenvalue weighted by Gasteiger charge is 2.26. The number of carbonyl (C=O) groups excluding carboxylic acids is 1. The minimum Gasteiger partial charge on any atom is -0.462 e. The zero-order valence-electron chi connectivity index (χ0n) is 16.7. The SMILES string of the molecule is CCOC(=O)c1c(NC(=S)NC2CCCCC2C)sc(C)c1-c1ccccc1. The van der Waals surface area contributed by atoms with Crippen molar-refractivity contribution < 1.29 is 9.53 Å². The predicted molar refractivity (Wildman–Crippen MR) is 121 cm³/mol. The van der Waals surface area contributed by atoms with Gasteiger partial charge in [-0.2, -0.15) is 0 Å². The number of anilines is 1. The number of ether oxygens (including phenoxy) is 1. The van der Waals surface area contributed by atoms with E-state index in [9.17, 15) is 4.79 Å². The van der Waals surface area contributed by atoms with Gasteiger partial charge in [0.25, 0.3) is 0 Å². The standard InChI is InChI=1S/C22H28N2O2S2/c1-4-26-21(25)19-18(16-11-6-5-7-12-16)15(3)28-20(19)24-22(27)23-17-13-9-8-10-14(17)2/h5-7,11-12,14,17H,4,8-10,13H2,1-3H3,(H2,23,24,27). The van der Waals surface area contributed by atoms with Gasteiger partial charge in [0, 0.05) is 16.5 Å². The lowest BCUT2D eigenvalue weighted by molar-refractivity contribution is 0.0529. The van der Waals surface area contributed by atoms with Crippen molar-refractivity contribution in [3.63, 3.8) is 0 Å². The Morgan fingerprint density at radius 3 is 2.64 bits per heavy atom. The van der Waals surface area contributed by atoms with E-state index in [1.54, 1.807) is 11.3 Å². The molecule has 1 aliphatic carbocycles. The number of rotatable bonds is 5. The first-order valence-corrected chi connectivity index (χ1v) is 11.2. The Hall–Kier alpha value is -1.92. The number of benzene rings is 1. The van der Waals surface area contributed by atoms with Gasteiger partial charge in [-0.3, -0.25) is 0 Å². The molecule has 0 radical (unpaired) electrons. The Morgan fingerprint density at radius 1 is 1.25 bits per heavy atom. The highest BCUT2D eigenvalue weighted by molar-refractivity contribution is 7.80. The molecule has 2 aromatic rings. The number of carbonyl (C=O) groups is 1. The van der Waals surface area contributed by atoms with Crippen molar-refractivity contribution in [2.75, 3.05) is 11.9 Å². The van der Waals surface area contributed by atoms with Crippen LogP contribution in [0.1, 0.15) is 54.8 Å². The van der Waals surface area contributed by atoms with Crippen LogP contribution in [-0.2, 0) is 4.74 Å². The molecule has 0 saturated heterocycles. The third-order valence-corrected chi connectivity index (χ3v) is 6.52. The van der Waals surface area contributed by atoms with Gasteiger partial charge in [0.1, 0.15) is 10.6 Å². The minimum absolute atomic E-state index is 0.318. The predicted octanol–water partition coefficient (Wildman–Crippen LogP) is 5.77. The van der Waals surface area contributed by atoms with Crippen LogP contribution in [0.3, 0.4) is 0 Å². The monoisotopic (exact) mass is 416 g/mol. The van der Waals surface area contributed by atoms with Crippen LogP contribution in [0.15, 0.2) is 30.3 Å². The normalized spacial score (nSPS) is 19.1. The Labute approximate surface area is 176 Å². The van der Waals surface area contributed by atoms with Crippen LogP contribution in [0.25, 0.3) is 11.1 Å². The van der Waals surface area contributed by atoms with Crippen LogP contribution < -0.4 is 10.6 Å². The molecule has 0 aliphatic heterocycles. The lowest BCUT2D eigenvalue weighted by atomic mass is 9.86. The summed E-state index contributed by atoms with van der Waals surface area (Å²) in [7, 11) is 0. The third-order valence-electron chi connectivity index (χ3n) is 5.28. The number of hydrogen-bond acceptors (Lipinski definition) is 4. The second kappa shape index (κ2) is 9.52. The van der Waals surface area contributed by atoms with E-state index < -0.39 is 0 Å². The van der Waals surface area contributed by atoms with Crippen LogP contribution in [-0.4, -0.2) is 23.7 Å². The van der Waals surface area contributed by atoms with Crippen molar-refractivity contribution >= 4 is 39.6 Å². The number of esters is 1. The van der Waals surface area contributed by atoms with E-state index in [4.69, 9.17) is 17.0 Å². The quantitative estimate of drug-likeness (QED) is 0.479. The summed E-state index contributed by atoms with van der Waals surface area (Å²) in [6.07, 6.45) is 4.88. The smallest absolute Gasteiger partial charge is 0.341 e. The highest BCUT2D eigenvalue weighted by atomic mass is 32.1. The summed E-state index contributed by atoms with van der Waals surface area (Å²) in [5.41, 5.74) is 2.49. The fourth-order valence-corrected chi connectivity index (χ4v) is 5.21. The van der Waals surface area contributed by atoms with Gasteiger partial charge >= 0.3 is 5.97 Å². The summed E-state index contributed by atoms with van der Waals surface area (Å²) >= 11 is 7.12. The van der Waals surface area contributed by atoms with Crippen molar-refractivity contribution in [2.24, 2.45) is 5.92 Å². The van der Waals surface area contributed by atoms with E-state index in [1.165, 1.54) is 19.3 Å². The molecule has 0 amide bonds. The zero-order valence-corrected chi connectivity index (χ0v) is 18.3.